The molecule has 2 aromatic carbocycles. The van der Waals surface area contributed by atoms with Crippen molar-refractivity contribution in [3.05, 3.63) is 59.7 Å². The Labute approximate surface area is 135 Å². The van der Waals surface area contributed by atoms with E-state index in [1.807, 2.05) is 24.3 Å². The first kappa shape index (κ1) is 16.8. The number of ether oxygens (including phenoxy) is 2. The Morgan fingerprint density at radius 2 is 1.78 bits per heavy atom. The SMILES string of the molecule is COc1ccc(C(CO)CNC(=O)c2cccc(OC)c2)cc1. The lowest BCUT2D eigenvalue weighted by Gasteiger charge is -2.16. The van der Waals surface area contributed by atoms with Gasteiger partial charge in [-0.3, -0.25) is 4.79 Å². The first-order valence-electron chi connectivity index (χ1n) is 7.35. The van der Waals surface area contributed by atoms with E-state index in [0.29, 0.717) is 17.9 Å². The largest absolute Gasteiger partial charge is 0.497 e. The fourth-order valence-corrected chi connectivity index (χ4v) is 2.25. The summed E-state index contributed by atoms with van der Waals surface area (Å²) in [7, 11) is 3.16. The van der Waals surface area contributed by atoms with E-state index in [2.05, 4.69) is 5.32 Å². The van der Waals surface area contributed by atoms with E-state index >= 15 is 0 Å². The van der Waals surface area contributed by atoms with Crippen molar-refractivity contribution < 1.29 is 19.4 Å². The van der Waals surface area contributed by atoms with Gasteiger partial charge in [0.05, 0.1) is 20.8 Å². The summed E-state index contributed by atoms with van der Waals surface area (Å²) < 4.78 is 10.2. The van der Waals surface area contributed by atoms with Gasteiger partial charge in [0, 0.05) is 18.0 Å². The van der Waals surface area contributed by atoms with Crippen LogP contribution < -0.4 is 14.8 Å². The number of rotatable bonds is 7. The van der Waals surface area contributed by atoms with Gasteiger partial charge in [-0.15, -0.1) is 0 Å². The second kappa shape index (κ2) is 8.19. The molecule has 2 rings (SSSR count). The standard InChI is InChI=1S/C18H21NO4/c1-22-16-8-6-13(7-9-16)15(12-20)11-19-18(21)14-4-3-5-17(10-14)23-2/h3-10,15,20H,11-12H2,1-2H3,(H,19,21). The molecule has 0 saturated heterocycles. The van der Waals surface area contributed by atoms with Gasteiger partial charge in [0.15, 0.2) is 0 Å². The van der Waals surface area contributed by atoms with Crippen LogP contribution in [0.5, 0.6) is 11.5 Å². The Morgan fingerprint density at radius 1 is 1.09 bits per heavy atom. The molecule has 2 N–H and O–H groups in total. The van der Waals surface area contributed by atoms with E-state index < -0.39 is 0 Å². The zero-order valence-corrected chi connectivity index (χ0v) is 13.3. The van der Waals surface area contributed by atoms with Crippen LogP contribution in [0.3, 0.4) is 0 Å². The Hall–Kier alpha value is -2.53. The summed E-state index contributed by atoms with van der Waals surface area (Å²) in [5, 5.41) is 12.4. The third-order valence-corrected chi connectivity index (χ3v) is 3.65. The van der Waals surface area contributed by atoms with Crippen molar-refractivity contribution >= 4 is 5.91 Å². The van der Waals surface area contributed by atoms with E-state index in [1.165, 1.54) is 0 Å². The van der Waals surface area contributed by atoms with Gasteiger partial charge >= 0.3 is 0 Å². The average Bonchev–Trinajstić information content (AvgIpc) is 2.62. The van der Waals surface area contributed by atoms with Gasteiger partial charge in [-0.2, -0.15) is 0 Å². The van der Waals surface area contributed by atoms with Gasteiger partial charge in [-0.25, -0.2) is 0 Å². The summed E-state index contributed by atoms with van der Waals surface area (Å²) in [5.74, 6) is 1.02. The van der Waals surface area contributed by atoms with Crippen LogP contribution in [0.1, 0.15) is 21.8 Å². The van der Waals surface area contributed by atoms with Gasteiger partial charge in [0.2, 0.25) is 0 Å². The van der Waals surface area contributed by atoms with Crippen LogP contribution in [-0.2, 0) is 0 Å². The zero-order chi connectivity index (χ0) is 16.7. The number of nitrogens with one attached hydrogen (secondary N) is 1. The minimum absolute atomic E-state index is 0.0509. The van der Waals surface area contributed by atoms with E-state index in [-0.39, 0.29) is 18.4 Å². The second-order valence-corrected chi connectivity index (χ2v) is 5.09. The molecule has 5 nitrogen and oxygen atoms in total. The molecule has 1 atom stereocenters. The number of aliphatic hydroxyl groups excluding tert-OH is 1. The van der Waals surface area contributed by atoms with Gasteiger partial charge in [-0.05, 0) is 35.9 Å². The molecule has 0 fully saturated rings. The molecule has 0 spiro atoms. The molecule has 0 heterocycles. The van der Waals surface area contributed by atoms with Crippen LogP contribution in [0.4, 0.5) is 0 Å². The highest BCUT2D eigenvalue weighted by Crippen LogP contribution is 2.19. The summed E-state index contributed by atoms with van der Waals surface area (Å²) >= 11 is 0. The average molecular weight is 315 g/mol. The van der Waals surface area contributed by atoms with E-state index in [1.54, 1.807) is 38.5 Å². The molecule has 0 bridgehead atoms. The van der Waals surface area contributed by atoms with Crippen LogP contribution in [0.15, 0.2) is 48.5 Å². The lowest BCUT2D eigenvalue weighted by atomic mass is 9.99. The molecule has 0 radical (unpaired) electrons. The lowest BCUT2D eigenvalue weighted by molar-refractivity contribution is 0.0947. The van der Waals surface area contributed by atoms with Crippen LogP contribution >= 0.6 is 0 Å². The number of carbonyl (C=O) groups excluding carboxylic acids is 1. The maximum Gasteiger partial charge on any atom is 0.251 e. The minimum Gasteiger partial charge on any atom is -0.497 e. The van der Waals surface area contributed by atoms with E-state index in [0.717, 1.165) is 11.3 Å². The maximum absolute atomic E-state index is 12.2. The van der Waals surface area contributed by atoms with Crippen LogP contribution in [0.2, 0.25) is 0 Å². The van der Waals surface area contributed by atoms with Crippen LogP contribution in [0, 0.1) is 0 Å². The van der Waals surface area contributed by atoms with Crippen LogP contribution in [0.25, 0.3) is 0 Å². The van der Waals surface area contributed by atoms with Crippen molar-refractivity contribution in [1.82, 2.24) is 5.32 Å². The zero-order valence-electron chi connectivity index (χ0n) is 13.3. The summed E-state index contributed by atoms with van der Waals surface area (Å²) in [6.07, 6.45) is 0. The lowest BCUT2D eigenvalue weighted by Crippen LogP contribution is -2.29. The molecule has 0 aliphatic rings. The quantitative estimate of drug-likeness (QED) is 0.822. The summed E-state index contributed by atoms with van der Waals surface area (Å²) in [5.41, 5.74) is 1.47. The molecule has 0 aromatic heterocycles. The van der Waals surface area contributed by atoms with Gasteiger partial charge in [-0.1, -0.05) is 18.2 Å². The first-order chi connectivity index (χ1) is 11.2. The van der Waals surface area contributed by atoms with E-state index in [9.17, 15) is 9.90 Å². The molecule has 0 aliphatic heterocycles. The predicted octanol–water partition coefficient (Wildman–Crippen LogP) is 2.21. The number of amides is 1. The molecule has 1 amide bonds. The Balaban J connectivity index is 2.00. The fourth-order valence-electron chi connectivity index (χ4n) is 2.25. The summed E-state index contributed by atoms with van der Waals surface area (Å²) in [4.78, 5) is 12.2. The predicted molar refractivity (Wildman–Crippen MR) is 88.1 cm³/mol. The molecule has 0 aliphatic carbocycles. The van der Waals surface area contributed by atoms with Gasteiger partial charge in [0.25, 0.3) is 5.91 Å². The first-order valence-corrected chi connectivity index (χ1v) is 7.35. The number of hydrogen-bond donors (Lipinski definition) is 2. The second-order valence-electron chi connectivity index (χ2n) is 5.09. The molecular formula is C18H21NO4. The molecule has 122 valence electrons. The topological polar surface area (TPSA) is 67.8 Å². The van der Waals surface area contributed by atoms with Crippen molar-refractivity contribution in [2.45, 2.75) is 5.92 Å². The normalized spacial score (nSPS) is 11.6. The Bertz CT molecular complexity index is 640. The summed E-state index contributed by atoms with van der Waals surface area (Å²) in [6.45, 7) is 0.295. The Kier molecular flexibility index (Phi) is 6.00. The third kappa shape index (κ3) is 4.47. The molecular weight excluding hydrogens is 294 g/mol. The smallest absolute Gasteiger partial charge is 0.251 e. The number of benzene rings is 2. The fraction of sp³-hybridized carbons (Fsp3) is 0.278. The highest BCUT2D eigenvalue weighted by Gasteiger charge is 2.13. The Morgan fingerprint density at radius 3 is 2.39 bits per heavy atom. The monoisotopic (exact) mass is 315 g/mol. The molecule has 2 aromatic rings. The van der Waals surface area contributed by atoms with Crippen molar-refractivity contribution in [2.24, 2.45) is 0 Å². The van der Waals surface area contributed by atoms with Crippen LogP contribution in [-0.4, -0.2) is 38.4 Å². The van der Waals surface area contributed by atoms with Crippen molar-refractivity contribution in [3.63, 3.8) is 0 Å². The number of methoxy groups -OCH3 is 2. The highest BCUT2D eigenvalue weighted by molar-refractivity contribution is 5.94. The van der Waals surface area contributed by atoms with Gasteiger partial charge < -0.3 is 19.9 Å². The van der Waals surface area contributed by atoms with E-state index in [4.69, 9.17) is 9.47 Å². The summed E-state index contributed by atoms with van der Waals surface area (Å²) in [6, 6.07) is 14.4. The molecule has 1 unspecified atom stereocenters. The molecule has 0 saturated carbocycles. The third-order valence-electron chi connectivity index (χ3n) is 3.65. The van der Waals surface area contributed by atoms with Crippen molar-refractivity contribution in [3.8, 4) is 11.5 Å². The number of aliphatic hydroxyl groups is 1. The minimum atomic E-state index is -0.198. The van der Waals surface area contributed by atoms with Crippen molar-refractivity contribution in [2.75, 3.05) is 27.4 Å². The van der Waals surface area contributed by atoms with Gasteiger partial charge in [0.1, 0.15) is 11.5 Å². The number of carbonyl (C=O) groups is 1. The number of hydrogen-bond acceptors (Lipinski definition) is 4. The van der Waals surface area contributed by atoms with Crippen molar-refractivity contribution in [1.29, 1.82) is 0 Å². The maximum atomic E-state index is 12.2. The highest BCUT2D eigenvalue weighted by atomic mass is 16.5. The molecule has 23 heavy (non-hydrogen) atoms. The molecule has 5 heteroatoms.